The standard InChI is InChI=1S/C26H27NO4/c1-4-15-27(16-5-2)17-21(18(3)28)23(19-11-7-6-8-12-19)24-25(29)20-13-9-10-14-22(20)31-26(24)30/h4-14,21,23,29H,1-2,15-17H2,3H3/t21-,23+/m0/s1. The Bertz CT molecular complexity index is 1120. The SMILES string of the molecule is C=CCN(CC=C)C[C@@H](C(C)=O)[C@@H](c1ccccc1)c1c(O)c2ccccc2oc1=O. The number of ketones is 1. The topological polar surface area (TPSA) is 70.8 Å². The predicted molar refractivity (Wildman–Crippen MR) is 123 cm³/mol. The largest absolute Gasteiger partial charge is 0.507 e. The minimum Gasteiger partial charge on any atom is -0.507 e. The Balaban J connectivity index is 2.22. The van der Waals surface area contributed by atoms with Gasteiger partial charge in [-0.2, -0.15) is 0 Å². The Kier molecular flexibility index (Phi) is 7.21. The highest BCUT2D eigenvalue weighted by Gasteiger charge is 2.35. The van der Waals surface area contributed by atoms with Gasteiger partial charge in [-0.1, -0.05) is 54.6 Å². The van der Waals surface area contributed by atoms with Crippen LogP contribution in [0.5, 0.6) is 5.75 Å². The highest BCUT2D eigenvalue weighted by molar-refractivity contribution is 5.86. The number of carbonyl (C=O) groups excluding carboxylic acids is 1. The third-order valence-corrected chi connectivity index (χ3v) is 5.44. The average molecular weight is 418 g/mol. The van der Waals surface area contributed by atoms with Crippen LogP contribution < -0.4 is 5.63 Å². The van der Waals surface area contributed by atoms with Crippen molar-refractivity contribution >= 4 is 16.8 Å². The molecule has 0 saturated heterocycles. The molecule has 0 aliphatic rings. The lowest BCUT2D eigenvalue weighted by molar-refractivity contribution is -0.121. The second-order valence-electron chi connectivity index (χ2n) is 7.55. The summed E-state index contributed by atoms with van der Waals surface area (Å²) in [5.41, 5.74) is 0.523. The van der Waals surface area contributed by atoms with E-state index in [9.17, 15) is 14.7 Å². The Hall–Kier alpha value is -3.44. The third kappa shape index (κ3) is 4.84. The van der Waals surface area contributed by atoms with Crippen molar-refractivity contribution < 1.29 is 14.3 Å². The van der Waals surface area contributed by atoms with Crippen LogP contribution in [-0.2, 0) is 4.79 Å². The Morgan fingerprint density at radius 1 is 1.06 bits per heavy atom. The van der Waals surface area contributed by atoms with E-state index in [1.165, 1.54) is 6.92 Å². The van der Waals surface area contributed by atoms with E-state index in [2.05, 4.69) is 13.2 Å². The lowest BCUT2D eigenvalue weighted by atomic mass is 9.78. The van der Waals surface area contributed by atoms with Crippen LogP contribution in [0.15, 0.2) is 89.1 Å². The maximum atomic E-state index is 13.0. The summed E-state index contributed by atoms with van der Waals surface area (Å²) in [6.45, 7) is 10.6. The molecule has 0 fully saturated rings. The molecule has 5 heteroatoms. The van der Waals surface area contributed by atoms with E-state index in [0.717, 1.165) is 5.56 Å². The zero-order valence-corrected chi connectivity index (χ0v) is 17.7. The van der Waals surface area contributed by atoms with E-state index >= 15 is 0 Å². The second kappa shape index (κ2) is 10.0. The van der Waals surface area contributed by atoms with E-state index in [-0.39, 0.29) is 17.1 Å². The van der Waals surface area contributed by atoms with Gasteiger partial charge in [0, 0.05) is 31.5 Å². The summed E-state index contributed by atoms with van der Waals surface area (Å²) >= 11 is 0. The molecule has 3 aromatic rings. The number of para-hydroxylation sites is 1. The van der Waals surface area contributed by atoms with Crippen LogP contribution in [0.1, 0.15) is 24.0 Å². The zero-order valence-electron chi connectivity index (χ0n) is 17.7. The van der Waals surface area contributed by atoms with Crippen LogP contribution in [0.3, 0.4) is 0 Å². The molecule has 1 N–H and O–H groups in total. The first-order chi connectivity index (χ1) is 15.0. The number of fused-ring (bicyclic) bond motifs is 1. The first kappa shape index (κ1) is 22.2. The van der Waals surface area contributed by atoms with Gasteiger partial charge < -0.3 is 9.52 Å². The van der Waals surface area contributed by atoms with Crippen LogP contribution in [-0.4, -0.2) is 35.4 Å². The van der Waals surface area contributed by atoms with Crippen molar-refractivity contribution in [3.05, 3.63) is 101 Å². The first-order valence-corrected chi connectivity index (χ1v) is 10.2. The Morgan fingerprint density at radius 3 is 2.29 bits per heavy atom. The van der Waals surface area contributed by atoms with Gasteiger partial charge in [0.25, 0.3) is 0 Å². The van der Waals surface area contributed by atoms with Gasteiger partial charge in [-0.25, -0.2) is 4.79 Å². The number of hydrogen-bond donors (Lipinski definition) is 1. The molecule has 0 aliphatic carbocycles. The average Bonchev–Trinajstić information content (AvgIpc) is 2.76. The minimum atomic E-state index is -0.670. The summed E-state index contributed by atoms with van der Waals surface area (Å²) in [5.74, 6) is -1.49. The van der Waals surface area contributed by atoms with Crippen molar-refractivity contribution in [1.82, 2.24) is 4.90 Å². The van der Waals surface area contributed by atoms with Crippen molar-refractivity contribution in [3.63, 3.8) is 0 Å². The van der Waals surface area contributed by atoms with Gasteiger partial charge >= 0.3 is 5.63 Å². The fourth-order valence-corrected chi connectivity index (χ4v) is 4.02. The molecule has 0 saturated carbocycles. The van der Waals surface area contributed by atoms with E-state index in [1.807, 2.05) is 35.2 Å². The van der Waals surface area contributed by atoms with Crippen LogP contribution >= 0.6 is 0 Å². The summed E-state index contributed by atoms with van der Waals surface area (Å²) in [7, 11) is 0. The molecule has 0 amide bonds. The van der Waals surface area contributed by atoms with Crippen LogP contribution in [0.2, 0.25) is 0 Å². The number of aromatic hydroxyl groups is 1. The lowest BCUT2D eigenvalue weighted by Crippen LogP contribution is -2.37. The van der Waals surface area contributed by atoms with Crippen molar-refractivity contribution in [2.75, 3.05) is 19.6 Å². The van der Waals surface area contributed by atoms with Gasteiger partial charge in [-0.15, -0.1) is 13.2 Å². The minimum absolute atomic E-state index is 0.0843. The van der Waals surface area contributed by atoms with Crippen molar-refractivity contribution in [3.8, 4) is 5.75 Å². The normalized spacial score (nSPS) is 13.1. The predicted octanol–water partition coefficient (Wildman–Crippen LogP) is 4.51. The number of carbonyl (C=O) groups is 1. The number of nitrogens with zero attached hydrogens (tertiary/aromatic N) is 1. The highest BCUT2D eigenvalue weighted by Crippen LogP contribution is 2.39. The van der Waals surface area contributed by atoms with Gasteiger partial charge in [0.05, 0.1) is 10.9 Å². The van der Waals surface area contributed by atoms with E-state index in [0.29, 0.717) is 30.6 Å². The summed E-state index contributed by atoms with van der Waals surface area (Å²) in [6.07, 6.45) is 3.53. The summed E-state index contributed by atoms with van der Waals surface area (Å²) in [5, 5.41) is 11.6. The molecular formula is C26H27NO4. The zero-order chi connectivity index (χ0) is 22.4. The maximum absolute atomic E-state index is 13.0. The summed E-state index contributed by atoms with van der Waals surface area (Å²) in [4.78, 5) is 27.9. The molecule has 1 heterocycles. The van der Waals surface area contributed by atoms with Crippen molar-refractivity contribution in [2.45, 2.75) is 12.8 Å². The molecule has 0 spiro atoms. The van der Waals surface area contributed by atoms with E-state index in [1.54, 1.807) is 36.4 Å². The van der Waals surface area contributed by atoms with Crippen molar-refractivity contribution in [2.24, 2.45) is 5.92 Å². The van der Waals surface area contributed by atoms with Gasteiger partial charge in [-0.05, 0) is 24.6 Å². The molecule has 5 nitrogen and oxygen atoms in total. The van der Waals surface area contributed by atoms with Crippen LogP contribution in [0.4, 0.5) is 0 Å². The highest BCUT2D eigenvalue weighted by atomic mass is 16.4. The van der Waals surface area contributed by atoms with Crippen molar-refractivity contribution in [1.29, 1.82) is 0 Å². The molecule has 31 heavy (non-hydrogen) atoms. The van der Waals surface area contributed by atoms with Crippen LogP contribution in [0, 0.1) is 5.92 Å². The van der Waals surface area contributed by atoms with Crippen LogP contribution in [0.25, 0.3) is 11.0 Å². The quantitative estimate of drug-likeness (QED) is 0.388. The number of hydrogen-bond acceptors (Lipinski definition) is 5. The molecule has 0 bridgehead atoms. The maximum Gasteiger partial charge on any atom is 0.343 e. The molecule has 0 aliphatic heterocycles. The first-order valence-electron chi connectivity index (χ1n) is 10.2. The third-order valence-electron chi connectivity index (χ3n) is 5.44. The second-order valence-corrected chi connectivity index (χ2v) is 7.55. The Labute approximate surface area is 181 Å². The fourth-order valence-electron chi connectivity index (χ4n) is 4.02. The van der Waals surface area contributed by atoms with Gasteiger partial charge in [0.15, 0.2) is 0 Å². The molecule has 3 rings (SSSR count). The van der Waals surface area contributed by atoms with Gasteiger partial charge in [-0.3, -0.25) is 9.69 Å². The number of benzene rings is 2. The lowest BCUT2D eigenvalue weighted by Gasteiger charge is -2.30. The molecule has 2 atom stereocenters. The molecular weight excluding hydrogens is 390 g/mol. The summed E-state index contributed by atoms with van der Waals surface area (Å²) < 4.78 is 5.53. The van der Waals surface area contributed by atoms with E-state index < -0.39 is 17.5 Å². The smallest absolute Gasteiger partial charge is 0.343 e. The molecule has 0 unspecified atom stereocenters. The molecule has 2 aromatic carbocycles. The summed E-state index contributed by atoms with van der Waals surface area (Å²) in [6, 6.07) is 16.1. The monoisotopic (exact) mass is 417 g/mol. The Morgan fingerprint density at radius 2 is 1.68 bits per heavy atom. The van der Waals surface area contributed by atoms with Gasteiger partial charge in [0.2, 0.25) is 0 Å². The van der Waals surface area contributed by atoms with E-state index in [4.69, 9.17) is 4.42 Å². The number of Topliss-reactive ketones (excluding diaryl/α,β-unsaturated/α-hetero) is 1. The molecule has 1 aromatic heterocycles. The number of rotatable bonds is 10. The molecule has 0 radical (unpaired) electrons. The fraction of sp³-hybridized carbons (Fsp3) is 0.231. The molecule has 160 valence electrons. The van der Waals surface area contributed by atoms with Gasteiger partial charge in [0.1, 0.15) is 17.1 Å².